The molecule has 80 valence electrons. The molecular weight excluding hydrogens is 268 g/mol. The number of carbonyl (C=O) groups excluding carboxylic acids is 1. The van der Waals surface area contributed by atoms with Gasteiger partial charge in [-0.05, 0) is 35.4 Å². The molecule has 0 fully saturated rings. The summed E-state index contributed by atoms with van der Waals surface area (Å²) in [5, 5.41) is 9.18. The molecule has 0 bridgehead atoms. The predicted octanol–water partition coefficient (Wildman–Crippen LogP) is 3.63. The van der Waals surface area contributed by atoms with Crippen molar-refractivity contribution in [3.63, 3.8) is 0 Å². The van der Waals surface area contributed by atoms with Crippen molar-refractivity contribution in [1.29, 1.82) is 0 Å². The smallest absolute Gasteiger partial charge is 0.151 e. The number of halogens is 1. The van der Waals surface area contributed by atoms with Gasteiger partial charge in [0.05, 0.1) is 0 Å². The number of hydrogen-bond acceptors (Lipinski definition) is 2. The van der Waals surface area contributed by atoms with Crippen molar-refractivity contribution >= 4 is 22.2 Å². The molecule has 0 radical (unpaired) electrons. The maximum Gasteiger partial charge on any atom is 0.151 e. The third-order valence-corrected chi connectivity index (χ3v) is 3.05. The van der Waals surface area contributed by atoms with E-state index < -0.39 is 0 Å². The van der Waals surface area contributed by atoms with E-state index in [0.29, 0.717) is 5.56 Å². The molecule has 0 spiro atoms. The van der Waals surface area contributed by atoms with Crippen molar-refractivity contribution in [2.45, 2.75) is 0 Å². The zero-order valence-corrected chi connectivity index (χ0v) is 9.94. The molecule has 2 rings (SSSR count). The van der Waals surface area contributed by atoms with E-state index >= 15 is 0 Å². The summed E-state index contributed by atoms with van der Waals surface area (Å²) in [5.41, 5.74) is 2.53. The first kappa shape index (κ1) is 10.9. The van der Waals surface area contributed by atoms with Crippen LogP contribution in [0.2, 0.25) is 0 Å². The van der Waals surface area contributed by atoms with E-state index in [1.54, 1.807) is 12.1 Å². The highest BCUT2D eigenvalue weighted by Gasteiger charge is 2.02. The Labute approximate surface area is 102 Å². The van der Waals surface area contributed by atoms with E-state index in [4.69, 9.17) is 0 Å². The fraction of sp³-hybridized carbons (Fsp3) is 0. The first-order chi connectivity index (χ1) is 7.70. The maximum atomic E-state index is 10.8. The molecule has 2 aromatic carbocycles. The minimum atomic E-state index is 0.233. The highest BCUT2D eigenvalue weighted by atomic mass is 79.9. The minimum absolute atomic E-state index is 0.233. The van der Waals surface area contributed by atoms with Gasteiger partial charge in [0.2, 0.25) is 0 Å². The quantitative estimate of drug-likeness (QED) is 0.851. The number of aromatic hydroxyl groups is 1. The largest absolute Gasteiger partial charge is 0.508 e. The monoisotopic (exact) mass is 276 g/mol. The van der Waals surface area contributed by atoms with Gasteiger partial charge in [-0.25, -0.2) is 0 Å². The molecule has 1 N–H and O–H groups in total. The van der Waals surface area contributed by atoms with Gasteiger partial charge in [0, 0.05) is 10.0 Å². The molecule has 0 aliphatic rings. The topological polar surface area (TPSA) is 37.3 Å². The van der Waals surface area contributed by atoms with E-state index in [-0.39, 0.29) is 5.75 Å². The molecule has 0 heterocycles. The molecule has 2 aromatic rings. The normalized spacial score (nSPS) is 10.1. The van der Waals surface area contributed by atoms with Gasteiger partial charge in [-0.2, -0.15) is 0 Å². The van der Waals surface area contributed by atoms with E-state index in [1.165, 1.54) is 0 Å². The summed E-state index contributed by atoms with van der Waals surface area (Å²) < 4.78 is 0.782. The maximum absolute atomic E-state index is 10.8. The summed E-state index contributed by atoms with van der Waals surface area (Å²) in [4.78, 5) is 10.8. The Morgan fingerprint density at radius 1 is 1.00 bits per heavy atom. The zero-order valence-electron chi connectivity index (χ0n) is 8.35. The van der Waals surface area contributed by atoms with E-state index in [0.717, 1.165) is 21.9 Å². The lowest BCUT2D eigenvalue weighted by atomic mass is 10.0. The van der Waals surface area contributed by atoms with Crippen LogP contribution >= 0.6 is 15.9 Å². The Hall–Kier alpha value is -1.61. The number of hydrogen-bond donors (Lipinski definition) is 1. The van der Waals surface area contributed by atoms with Crippen molar-refractivity contribution in [2.24, 2.45) is 0 Å². The van der Waals surface area contributed by atoms with Crippen LogP contribution in [-0.2, 0) is 0 Å². The third-order valence-electron chi connectivity index (χ3n) is 2.32. The second kappa shape index (κ2) is 4.49. The van der Waals surface area contributed by atoms with Gasteiger partial charge < -0.3 is 5.11 Å². The summed E-state index contributed by atoms with van der Waals surface area (Å²) in [6.07, 6.45) is 0.813. The molecule has 0 saturated carbocycles. The van der Waals surface area contributed by atoms with Crippen molar-refractivity contribution < 1.29 is 9.90 Å². The van der Waals surface area contributed by atoms with Crippen molar-refractivity contribution in [3.05, 3.63) is 52.5 Å². The number of benzene rings is 2. The van der Waals surface area contributed by atoms with Crippen LogP contribution in [0.1, 0.15) is 10.4 Å². The van der Waals surface area contributed by atoms with Gasteiger partial charge in [0.1, 0.15) is 5.75 Å². The Bertz CT molecular complexity index is 518. The summed E-state index contributed by atoms with van der Waals surface area (Å²) in [6, 6.07) is 12.4. The van der Waals surface area contributed by atoms with Crippen LogP contribution in [0.3, 0.4) is 0 Å². The average Bonchev–Trinajstić information content (AvgIpc) is 2.31. The fourth-order valence-corrected chi connectivity index (χ4v) is 1.81. The number of aldehydes is 1. The van der Waals surface area contributed by atoms with Gasteiger partial charge in [-0.1, -0.05) is 34.1 Å². The molecule has 0 unspecified atom stereocenters. The summed E-state index contributed by atoms with van der Waals surface area (Å²) >= 11 is 3.30. The Morgan fingerprint density at radius 2 is 1.62 bits per heavy atom. The lowest BCUT2D eigenvalue weighted by molar-refractivity contribution is 0.112. The second-order valence-electron chi connectivity index (χ2n) is 3.40. The van der Waals surface area contributed by atoms with Gasteiger partial charge in [0.15, 0.2) is 6.29 Å². The Balaban J connectivity index is 2.48. The molecule has 16 heavy (non-hydrogen) atoms. The summed E-state index contributed by atoms with van der Waals surface area (Å²) in [6.45, 7) is 0. The molecule has 2 nitrogen and oxygen atoms in total. The summed E-state index contributed by atoms with van der Waals surface area (Å²) in [7, 11) is 0. The first-order valence-corrected chi connectivity index (χ1v) is 5.54. The molecule has 0 aliphatic carbocycles. The van der Waals surface area contributed by atoms with Gasteiger partial charge >= 0.3 is 0 Å². The summed E-state index contributed by atoms with van der Waals surface area (Å²) in [5.74, 6) is 0.233. The molecule has 3 heteroatoms. The Kier molecular flexibility index (Phi) is 3.06. The standard InChI is InChI=1S/C13H9BrO2/c14-13-6-3-10(7-11(13)8-15)9-1-4-12(16)5-2-9/h1-8,16H. The van der Waals surface area contributed by atoms with Crippen LogP contribution in [-0.4, -0.2) is 11.4 Å². The van der Waals surface area contributed by atoms with Gasteiger partial charge in [-0.3, -0.25) is 4.79 Å². The van der Waals surface area contributed by atoms with Crippen LogP contribution in [0.25, 0.3) is 11.1 Å². The second-order valence-corrected chi connectivity index (χ2v) is 4.26. The lowest BCUT2D eigenvalue weighted by Gasteiger charge is -2.04. The van der Waals surface area contributed by atoms with Crippen molar-refractivity contribution in [2.75, 3.05) is 0 Å². The molecule has 0 atom stereocenters. The van der Waals surface area contributed by atoms with Crippen molar-refractivity contribution in [1.82, 2.24) is 0 Å². The average molecular weight is 277 g/mol. The fourth-order valence-electron chi connectivity index (χ4n) is 1.47. The molecule has 0 amide bonds. The predicted molar refractivity (Wildman–Crippen MR) is 66.6 cm³/mol. The number of phenolic OH excluding ortho intramolecular Hbond substituents is 1. The van der Waals surface area contributed by atoms with Crippen LogP contribution < -0.4 is 0 Å². The number of rotatable bonds is 2. The molecule has 0 aromatic heterocycles. The third kappa shape index (κ3) is 2.14. The number of phenols is 1. The van der Waals surface area contributed by atoms with Crippen LogP contribution in [0.5, 0.6) is 5.75 Å². The van der Waals surface area contributed by atoms with E-state index in [9.17, 15) is 9.90 Å². The zero-order chi connectivity index (χ0) is 11.5. The van der Waals surface area contributed by atoms with E-state index in [2.05, 4.69) is 15.9 Å². The Morgan fingerprint density at radius 3 is 2.25 bits per heavy atom. The van der Waals surface area contributed by atoms with Gasteiger partial charge in [-0.15, -0.1) is 0 Å². The van der Waals surface area contributed by atoms with Crippen LogP contribution in [0.15, 0.2) is 46.9 Å². The SMILES string of the molecule is O=Cc1cc(-c2ccc(O)cc2)ccc1Br. The molecular formula is C13H9BrO2. The van der Waals surface area contributed by atoms with Crippen molar-refractivity contribution in [3.8, 4) is 16.9 Å². The highest BCUT2D eigenvalue weighted by molar-refractivity contribution is 9.10. The highest BCUT2D eigenvalue weighted by Crippen LogP contribution is 2.25. The van der Waals surface area contributed by atoms with Crippen LogP contribution in [0.4, 0.5) is 0 Å². The van der Waals surface area contributed by atoms with E-state index in [1.807, 2.05) is 30.3 Å². The first-order valence-electron chi connectivity index (χ1n) is 4.75. The number of carbonyl (C=O) groups is 1. The minimum Gasteiger partial charge on any atom is -0.508 e. The lowest BCUT2D eigenvalue weighted by Crippen LogP contribution is -1.84. The molecule has 0 saturated heterocycles. The van der Waals surface area contributed by atoms with Gasteiger partial charge in [0.25, 0.3) is 0 Å². The molecule has 0 aliphatic heterocycles. The van der Waals surface area contributed by atoms with Crippen LogP contribution in [0, 0.1) is 0 Å².